The van der Waals surface area contributed by atoms with Crippen LogP contribution in [0.5, 0.6) is 0 Å². The second-order valence-electron chi connectivity index (χ2n) is 7.16. The van der Waals surface area contributed by atoms with Crippen molar-refractivity contribution >= 4 is 11.6 Å². The minimum Gasteiger partial charge on any atom is -0.349 e. The van der Waals surface area contributed by atoms with Gasteiger partial charge < -0.3 is 14.8 Å². The maximum atomic E-state index is 12.4. The minimum absolute atomic E-state index is 0.0867. The first-order chi connectivity index (χ1) is 13.3. The number of amides is 1. The largest absolute Gasteiger partial charge is 0.349 e. The highest BCUT2D eigenvalue weighted by Crippen LogP contribution is 2.26. The zero-order valence-corrected chi connectivity index (χ0v) is 15.5. The van der Waals surface area contributed by atoms with Crippen LogP contribution in [0.25, 0.3) is 0 Å². The molecule has 2 fully saturated rings. The summed E-state index contributed by atoms with van der Waals surface area (Å²) in [5.41, 5.74) is 2.68. The van der Waals surface area contributed by atoms with Crippen LogP contribution in [-0.4, -0.2) is 42.9 Å². The van der Waals surface area contributed by atoms with Gasteiger partial charge in [-0.1, -0.05) is 36.8 Å². The molecule has 0 spiro atoms. The topological polar surface area (TPSA) is 50.8 Å². The summed E-state index contributed by atoms with van der Waals surface area (Å²) in [5.74, 6) is -0.0867. The Kier molecular flexibility index (Phi) is 5.82. The molecule has 2 aromatic rings. The van der Waals surface area contributed by atoms with Crippen LogP contribution in [0.15, 0.2) is 54.6 Å². The molecule has 0 radical (unpaired) electrons. The van der Waals surface area contributed by atoms with Crippen molar-refractivity contribution in [2.75, 3.05) is 25.1 Å². The van der Waals surface area contributed by atoms with Crippen LogP contribution in [0.4, 0.5) is 5.69 Å². The van der Waals surface area contributed by atoms with E-state index in [2.05, 4.69) is 10.2 Å². The molecule has 4 rings (SSSR count). The maximum absolute atomic E-state index is 12.4. The SMILES string of the molecule is O=C(Nc1ccccc1)c1ccc(CN2CCCCC2C2OCCO2)cc1. The molecular weight excluding hydrogens is 340 g/mol. The standard InChI is InChI=1S/C22H26N2O3/c25-21(23-19-6-2-1-3-7-19)18-11-9-17(10-12-18)16-24-13-5-4-8-20(24)22-26-14-15-27-22/h1-3,6-7,9-12,20,22H,4-5,8,13-16H2,(H,23,25). The molecule has 5 nitrogen and oxygen atoms in total. The van der Waals surface area contributed by atoms with E-state index in [1.165, 1.54) is 18.4 Å². The van der Waals surface area contributed by atoms with E-state index < -0.39 is 0 Å². The molecule has 2 aliphatic rings. The second kappa shape index (κ2) is 8.65. The molecule has 0 saturated carbocycles. The molecule has 2 heterocycles. The summed E-state index contributed by atoms with van der Waals surface area (Å²) >= 11 is 0. The summed E-state index contributed by atoms with van der Waals surface area (Å²) in [5, 5.41) is 2.92. The number of hydrogen-bond acceptors (Lipinski definition) is 4. The number of likely N-dealkylation sites (tertiary alicyclic amines) is 1. The number of ether oxygens (including phenoxy) is 2. The van der Waals surface area contributed by atoms with Crippen molar-refractivity contribution in [3.8, 4) is 0 Å². The van der Waals surface area contributed by atoms with Gasteiger partial charge in [0.1, 0.15) is 0 Å². The zero-order chi connectivity index (χ0) is 18.5. The molecule has 0 aliphatic carbocycles. The number of anilines is 1. The number of hydrogen-bond donors (Lipinski definition) is 1. The van der Waals surface area contributed by atoms with Gasteiger partial charge in [-0.25, -0.2) is 0 Å². The Labute approximate surface area is 160 Å². The summed E-state index contributed by atoms with van der Waals surface area (Å²) in [7, 11) is 0. The van der Waals surface area contributed by atoms with Crippen LogP contribution < -0.4 is 5.32 Å². The molecule has 142 valence electrons. The third kappa shape index (κ3) is 4.56. The van der Waals surface area contributed by atoms with Gasteiger partial charge in [0.2, 0.25) is 0 Å². The quantitative estimate of drug-likeness (QED) is 0.877. The van der Waals surface area contributed by atoms with Gasteiger partial charge in [-0.3, -0.25) is 9.69 Å². The van der Waals surface area contributed by atoms with Crippen molar-refractivity contribution in [1.82, 2.24) is 4.90 Å². The third-order valence-electron chi connectivity index (χ3n) is 5.26. The molecule has 5 heteroatoms. The Hall–Kier alpha value is -2.21. The van der Waals surface area contributed by atoms with Crippen molar-refractivity contribution in [2.45, 2.75) is 38.1 Å². The normalized spacial score (nSPS) is 21.3. The van der Waals surface area contributed by atoms with E-state index in [4.69, 9.17) is 9.47 Å². The second-order valence-corrected chi connectivity index (χ2v) is 7.16. The summed E-state index contributed by atoms with van der Waals surface area (Å²) in [4.78, 5) is 14.8. The molecule has 0 bridgehead atoms. The van der Waals surface area contributed by atoms with Gasteiger partial charge >= 0.3 is 0 Å². The fraction of sp³-hybridized carbons (Fsp3) is 0.409. The van der Waals surface area contributed by atoms with Gasteiger partial charge in [0.25, 0.3) is 5.91 Å². The molecule has 2 aliphatic heterocycles. The van der Waals surface area contributed by atoms with E-state index in [0.29, 0.717) is 24.8 Å². The van der Waals surface area contributed by atoms with Crippen molar-refractivity contribution in [3.63, 3.8) is 0 Å². The van der Waals surface area contributed by atoms with Gasteiger partial charge in [0.05, 0.1) is 19.3 Å². The van der Waals surface area contributed by atoms with Crippen molar-refractivity contribution in [1.29, 1.82) is 0 Å². The van der Waals surface area contributed by atoms with Crippen molar-refractivity contribution < 1.29 is 14.3 Å². The van der Waals surface area contributed by atoms with E-state index in [1.54, 1.807) is 0 Å². The van der Waals surface area contributed by atoms with Gasteiger partial charge in [-0.05, 0) is 49.2 Å². The smallest absolute Gasteiger partial charge is 0.255 e. The van der Waals surface area contributed by atoms with Crippen LogP contribution in [0.3, 0.4) is 0 Å². The molecule has 2 aromatic carbocycles. The highest BCUT2D eigenvalue weighted by molar-refractivity contribution is 6.04. The average molecular weight is 366 g/mol. The lowest BCUT2D eigenvalue weighted by Gasteiger charge is -2.38. The summed E-state index contributed by atoms with van der Waals surface area (Å²) < 4.78 is 11.5. The molecular formula is C22H26N2O3. The highest BCUT2D eigenvalue weighted by atomic mass is 16.7. The Morgan fingerprint density at radius 2 is 1.74 bits per heavy atom. The number of carbonyl (C=O) groups is 1. The van der Waals surface area contributed by atoms with Crippen LogP contribution in [-0.2, 0) is 16.0 Å². The number of carbonyl (C=O) groups excluding carboxylic acids is 1. The van der Waals surface area contributed by atoms with E-state index in [1.807, 2.05) is 54.6 Å². The Bertz CT molecular complexity index is 742. The van der Waals surface area contributed by atoms with Crippen molar-refractivity contribution in [3.05, 3.63) is 65.7 Å². The Morgan fingerprint density at radius 1 is 1.00 bits per heavy atom. The molecule has 2 saturated heterocycles. The van der Waals surface area contributed by atoms with E-state index in [0.717, 1.165) is 25.2 Å². The van der Waals surface area contributed by atoms with Gasteiger partial charge in [-0.15, -0.1) is 0 Å². The predicted octanol–water partition coefficient (Wildman–Crippen LogP) is 3.67. The fourth-order valence-electron chi connectivity index (χ4n) is 3.84. The van der Waals surface area contributed by atoms with Crippen LogP contribution in [0.2, 0.25) is 0 Å². The first-order valence-electron chi connectivity index (χ1n) is 9.72. The molecule has 0 aromatic heterocycles. The van der Waals surface area contributed by atoms with Crippen molar-refractivity contribution in [2.24, 2.45) is 0 Å². The van der Waals surface area contributed by atoms with E-state index >= 15 is 0 Å². The minimum atomic E-state index is -0.0961. The number of nitrogens with one attached hydrogen (secondary N) is 1. The lowest BCUT2D eigenvalue weighted by Crippen LogP contribution is -2.46. The van der Waals surface area contributed by atoms with Gasteiger partial charge in [-0.2, -0.15) is 0 Å². The number of rotatable bonds is 5. The third-order valence-corrected chi connectivity index (χ3v) is 5.26. The lowest BCUT2D eigenvalue weighted by atomic mass is 10.0. The average Bonchev–Trinajstić information content (AvgIpc) is 3.24. The van der Waals surface area contributed by atoms with Crippen LogP contribution >= 0.6 is 0 Å². The van der Waals surface area contributed by atoms with E-state index in [-0.39, 0.29) is 12.2 Å². The molecule has 1 amide bonds. The van der Waals surface area contributed by atoms with Gasteiger partial charge in [0.15, 0.2) is 6.29 Å². The number of para-hydroxylation sites is 1. The zero-order valence-electron chi connectivity index (χ0n) is 15.5. The van der Waals surface area contributed by atoms with Crippen LogP contribution in [0.1, 0.15) is 35.2 Å². The van der Waals surface area contributed by atoms with E-state index in [9.17, 15) is 4.79 Å². The fourth-order valence-corrected chi connectivity index (χ4v) is 3.84. The Balaban J connectivity index is 1.38. The molecule has 27 heavy (non-hydrogen) atoms. The lowest BCUT2D eigenvalue weighted by molar-refractivity contribution is -0.111. The highest BCUT2D eigenvalue weighted by Gasteiger charge is 2.33. The van der Waals surface area contributed by atoms with Crippen LogP contribution in [0, 0.1) is 0 Å². The monoisotopic (exact) mass is 366 g/mol. The maximum Gasteiger partial charge on any atom is 0.255 e. The summed E-state index contributed by atoms with van der Waals surface area (Å²) in [6.45, 7) is 3.30. The Morgan fingerprint density at radius 3 is 2.48 bits per heavy atom. The first-order valence-corrected chi connectivity index (χ1v) is 9.72. The number of piperidine rings is 1. The van der Waals surface area contributed by atoms with Gasteiger partial charge in [0, 0.05) is 17.8 Å². The molecule has 1 unspecified atom stereocenters. The number of benzene rings is 2. The summed E-state index contributed by atoms with van der Waals surface area (Å²) in [6.07, 6.45) is 3.45. The number of nitrogens with zero attached hydrogens (tertiary/aromatic N) is 1. The summed E-state index contributed by atoms with van der Waals surface area (Å²) in [6, 6.07) is 17.7. The molecule has 1 atom stereocenters. The molecule has 1 N–H and O–H groups in total. The predicted molar refractivity (Wildman–Crippen MR) is 105 cm³/mol. The first kappa shape index (κ1) is 18.2.